The van der Waals surface area contributed by atoms with Gasteiger partial charge in [-0.1, -0.05) is 36.4 Å². The van der Waals surface area contributed by atoms with Crippen LogP contribution in [0.5, 0.6) is 0 Å². The monoisotopic (exact) mass is 355 g/mol. The Morgan fingerprint density at radius 2 is 1.60 bits per heavy atom. The molecule has 0 radical (unpaired) electrons. The molecule has 0 fully saturated rings. The smallest absolute Gasteiger partial charge is 0.318 e. The van der Waals surface area contributed by atoms with Crippen molar-refractivity contribution in [1.82, 2.24) is 4.48 Å². The Hall–Kier alpha value is -2.70. The molecular weight excluding hydrogens is 338 g/mol. The summed E-state index contributed by atoms with van der Waals surface area (Å²) in [6.45, 7) is 0. The molecule has 3 rings (SSSR count). The molecule has 1 amide bonds. The Kier molecular flexibility index (Phi) is 5.56. The van der Waals surface area contributed by atoms with Crippen molar-refractivity contribution in [3.63, 3.8) is 0 Å². The maximum Gasteiger partial charge on any atom is 0.318 e. The van der Waals surface area contributed by atoms with Gasteiger partial charge in [-0.25, -0.2) is 0 Å². The van der Waals surface area contributed by atoms with Crippen molar-refractivity contribution in [1.29, 1.82) is 0 Å². The van der Waals surface area contributed by atoms with E-state index in [9.17, 15) is 4.79 Å². The van der Waals surface area contributed by atoms with Crippen LogP contribution in [0, 0.1) is 0 Å². The average molecular weight is 356 g/mol. The van der Waals surface area contributed by atoms with Crippen LogP contribution in [-0.2, 0) is 4.79 Å². The highest BCUT2D eigenvalue weighted by molar-refractivity contribution is 6.03. The summed E-state index contributed by atoms with van der Waals surface area (Å²) in [5.41, 5.74) is 3.18. The minimum absolute atomic E-state index is 0. The molecule has 1 aliphatic rings. The molecular formula is C18H18ClN5O. The molecule has 1 heterocycles. The predicted molar refractivity (Wildman–Crippen MR) is 93.7 cm³/mol. The quantitative estimate of drug-likeness (QED) is 0.602. The SMILES string of the molecule is C[N+](C)(C)c1cccc(N=NC2=C(c3ccccc3)N=NC2=O)c1.[Cl-]. The van der Waals surface area contributed by atoms with Crippen molar-refractivity contribution in [3.8, 4) is 0 Å². The molecule has 0 saturated heterocycles. The van der Waals surface area contributed by atoms with Gasteiger partial charge in [-0.3, -0.25) is 9.28 Å². The Morgan fingerprint density at radius 3 is 2.28 bits per heavy atom. The topological polar surface area (TPSA) is 66.5 Å². The number of quaternary nitrogens is 1. The minimum Gasteiger partial charge on any atom is -1.00 e. The van der Waals surface area contributed by atoms with Crippen molar-refractivity contribution in [2.75, 3.05) is 21.1 Å². The molecule has 0 N–H and O–H groups in total. The fourth-order valence-electron chi connectivity index (χ4n) is 2.25. The fourth-order valence-corrected chi connectivity index (χ4v) is 2.25. The fraction of sp³-hybridized carbons (Fsp3) is 0.167. The van der Waals surface area contributed by atoms with Crippen LogP contribution < -0.4 is 16.9 Å². The van der Waals surface area contributed by atoms with Crippen LogP contribution in [0.25, 0.3) is 5.70 Å². The van der Waals surface area contributed by atoms with Crippen LogP contribution >= 0.6 is 0 Å². The molecule has 0 spiro atoms. The van der Waals surface area contributed by atoms with Gasteiger partial charge < -0.3 is 12.4 Å². The first-order chi connectivity index (χ1) is 11.4. The first-order valence-corrected chi connectivity index (χ1v) is 7.55. The number of benzene rings is 2. The number of carbonyl (C=O) groups is 1. The van der Waals surface area contributed by atoms with Crippen molar-refractivity contribution in [2.24, 2.45) is 20.5 Å². The summed E-state index contributed by atoms with van der Waals surface area (Å²) in [4.78, 5) is 11.9. The maximum atomic E-state index is 11.9. The highest BCUT2D eigenvalue weighted by Crippen LogP contribution is 2.29. The average Bonchev–Trinajstić information content (AvgIpc) is 2.94. The van der Waals surface area contributed by atoms with E-state index in [0.717, 1.165) is 11.3 Å². The Morgan fingerprint density at radius 1 is 0.880 bits per heavy atom. The van der Waals surface area contributed by atoms with E-state index in [1.165, 1.54) is 0 Å². The normalized spacial score (nSPS) is 14.3. The number of carbonyl (C=O) groups excluding carboxylic acids is 1. The second-order valence-corrected chi connectivity index (χ2v) is 6.30. The van der Waals surface area contributed by atoms with Gasteiger partial charge in [0.25, 0.3) is 0 Å². The van der Waals surface area contributed by atoms with E-state index in [-0.39, 0.29) is 18.1 Å². The third-order valence-corrected chi connectivity index (χ3v) is 3.58. The molecule has 6 nitrogen and oxygen atoms in total. The van der Waals surface area contributed by atoms with Crippen molar-refractivity contribution < 1.29 is 17.2 Å². The third-order valence-electron chi connectivity index (χ3n) is 3.58. The van der Waals surface area contributed by atoms with E-state index in [1.54, 1.807) is 0 Å². The van der Waals surface area contributed by atoms with Crippen molar-refractivity contribution in [2.45, 2.75) is 0 Å². The molecule has 0 atom stereocenters. The van der Waals surface area contributed by atoms with Gasteiger partial charge in [-0.2, -0.15) is 5.11 Å². The summed E-state index contributed by atoms with van der Waals surface area (Å²) in [6.07, 6.45) is 0. The maximum absolute atomic E-state index is 11.9. The number of hydrogen-bond acceptors (Lipinski definition) is 4. The molecule has 0 aromatic heterocycles. The lowest BCUT2D eigenvalue weighted by Gasteiger charge is -2.23. The molecule has 0 bridgehead atoms. The molecule has 1 aliphatic heterocycles. The summed E-state index contributed by atoms with van der Waals surface area (Å²) >= 11 is 0. The Labute approximate surface area is 152 Å². The van der Waals surface area contributed by atoms with E-state index < -0.39 is 5.91 Å². The molecule has 0 aliphatic carbocycles. The number of halogens is 1. The molecule has 7 heteroatoms. The zero-order valence-corrected chi connectivity index (χ0v) is 15.0. The van der Waals surface area contributed by atoms with Gasteiger partial charge in [0.15, 0.2) is 5.70 Å². The lowest BCUT2D eigenvalue weighted by Crippen LogP contribution is -3.00. The molecule has 2 aromatic carbocycles. The summed E-state index contributed by atoms with van der Waals surface area (Å²) in [5, 5.41) is 15.9. The van der Waals surface area contributed by atoms with E-state index in [2.05, 4.69) is 41.6 Å². The molecule has 0 unspecified atom stereocenters. The molecule has 2 aromatic rings. The van der Waals surface area contributed by atoms with Gasteiger partial charge in [-0.15, -0.1) is 15.3 Å². The van der Waals surface area contributed by atoms with Crippen LogP contribution in [0.3, 0.4) is 0 Å². The standard InChI is InChI=1S/C18H18N5O.ClH/c1-23(2,3)15-11-7-10-14(12-15)19-21-17-16(20-22-18(17)24)13-8-5-4-6-9-13;/h4-12H,1-3H3;1H/q+1;/p-1. The first kappa shape index (κ1) is 18.6. The number of amides is 1. The van der Waals surface area contributed by atoms with Gasteiger partial charge >= 0.3 is 5.91 Å². The summed E-state index contributed by atoms with van der Waals surface area (Å²) in [6, 6.07) is 17.1. The second kappa shape index (κ2) is 7.46. The van der Waals surface area contributed by atoms with Gasteiger partial charge in [0, 0.05) is 11.6 Å². The number of hydrogen-bond donors (Lipinski definition) is 0. The molecule has 25 heavy (non-hydrogen) atoms. The summed E-state index contributed by atoms with van der Waals surface area (Å²) in [7, 11) is 6.22. The van der Waals surface area contributed by atoms with Crippen LogP contribution in [0.4, 0.5) is 11.4 Å². The Balaban J connectivity index is 0.00000225. The highest BCUT2D eigenvalue weighted by atomic mass is 35.5. The van der Waals surface area contributed by atoms with Crippen LogP contribution in [0.15, 0.2) is 80.8 Å². The molecule has 0 saturated carbocycles. The summed E-state index contributed by atoms with van der Waals surface area (Å²) in [5.74, 6) is -0.472. The second-order valence-electron chi connectivity index (χ2n) is 6.30. The highest BCUT2D eigenvalue weighted by Gasteiger charge is 2.22. The third kappa shape index (κ3) is 4.23. The van der Waals surface area contributed by atoms with Gasteiger partial charge in [0.05, 0.1) is 26.8 Å². The predicted octanol–water partition coefficient (Wildman–Crippen LogP) is 1.33. The van der Waals surface area contributed by atoms with E-state index in [4.69, 9.17) is 0 Å². The number of nitrogens with zero attached hydrogens (tertiary/aromatic N) is 5. The zero-order chi connectivity index (χ0) is 17.2. The molecule has 128 valence electrons. The van der Waals surface area contributed by atoms with E-state index in [0.29, 0.717) is 15.9 Å². The van der Waals surface area contributed by atoms with Crippen LogP contribution in [0.2, 0.25) is 0 Å². The lowest BCUT2D eigenvalue weighted by molar-refractivity contribution is -0.114. The summed E-state index contributed by atoms with van der Waals surface area (Å²) < 4.78 is 0.672. The van der Waals surface area contributed by atoms with E-state index >= 15 is 0 Å². The van der Waals surface area contributed by atoms with Crippen LogP contribution in [0.1, 0.15) is 5.56 Å². The van der Waals surface area contributed by atoms with Gasteiger partial charge in [0.2, 0.25) is 0 Å². The van der Waals surface area contributed by atoms with Gasteiger partial charge in [0.1, 0.15) is 11.4 Å². The first-order valence-electron chi connectivity index (χ1n) is 7.55. The van der Waals surface area contributed by atoms with E-state index in [1.807, 2.05) is 54.6 Å². The van der Waals surface area contributed by atoms with Crippen LogP contribution in [-0.4, -0.2) is 27.1 Å². The van der Waals surface area contributed by atoms with Gasteiger partial charge in [-0.05, 0) is 12.1 Å². The zero-order valence-electron chi connectivity index (χ0n) is 14.2. The number of azo groups is 2. The van der Waals surface area contributed by atoms with Crippen molar-refractivity contribution in [3.05, 3.63) is 65.9 Å². The lowest BCUT2D eigenvalue weighted by atomic mass is 10.1. The Bertz CT molecular complexity index is 867. The van der Waals surface area contributed by atoms with Crippen molar-refractivity contribution >= 4 is 23.0 Å². The number of rotatable bonds is 4. The minimum atomic E-state index is -0.472. The largest absolute Gasteiger partial charge is 1.00 e.